The summed E-state index contributed by atoms with van der Waals surface area (Å²) < 4.78 is 0. The number of nitrogens with zero attached hydrogens (tertiary/aromatic N) is 3. The summed E-state index contributed by atoms with van der Waals surface area (Å²) in [6.07, 6.45) is 1.63. The van der Waals surface area contributed by atoms with Gasteiger partial charge in [-0.15, -0.1) is 0 Å². The van der Waals surface area contributed by atoms with Crippen LogP contribution < -0.4 is 5.73 Å². The molecule has 1 aromatic carbocycles. The Kier molecular flexibility index (Phi) is 3.23. The van der Waals surface area contributed by atoms with Crippen LogP contribution in [0.4, 0.5) is 0 Å². The van der Waals surface area contributed by atoms with Gasteiger partial charge >= 0.3 is 0 Å². The normalized spacial score (nSPS) is 11.4. The molecule has 0 bridgehead atoms. The maximum Gasteiger partial charge on any atom is 0.126 e. The van der Waals surface area contributed by atoms with Gasteiger partial charge in [-0.05, 0) is 12.1 Å². The van der Waals surface area contributed by atoms with Crippen molar-refractivity contribution in [3.05, 3.63) is 59.9 Å². The zero-order valence-corrected chi connectivity index (χ0v) is 8.74. The molecule has 0 unspecified atom stereocenters. The average Bonchev–Trinajstić information content (AvgIpc) is 2.38. The fraction of sp³-hybridized carbons (Fsp3) is 0.0833. The number of benzene rings is 1. The van der Waals surface area contributed by atoms with Gasteiger partial charge in [0, 0.05) is 11.8 Å². The SMILES string of the molecule is NC(=NCc1cccnn1)c1ccccc1. The van der Waals surface area contributed by atoms with Crippen molar-refractivity contribution >= 4 is 5.84 Å². The van der Waals surface area contributed by atoms with E-state index in [-0.39, 0.29) is 0 Å². The molecule has 2 aromatic rings. The van der Waals surface area contributed by atoms with Crippen molar-refractivity contribution in [2.45, 2.75) is 6.54 Å². The molecule has 80 valence electrons. The zero-order valence-electron chi connectivity index (χ0n) is 8.74. The average molecular weight is 212 g/mol. The Morgan fingerprint density at radius 1 is 1.12 bits per heavy atom. The molecule has 0 aliphatic heterocycles. The van der Waals surface area contributed by atoms with Gasteiger partial charge in [0.05, 0.1) is 12.2 Å². The molecule has 0 saturated heterocycles. The van der Waals surface area contributed by atoms with Crippen molar-refractivity contribution in [3.8, 4) is 0 Å². The zero-order chi connectivity index (χ0) is 11.2. The maximum absolute atomic E-state index is 5.84. The molecule has 0 radical (unpaired) electrons. The van der Waals surface area contributed by atoms with Gasteiger partial charge in [-0.25, -0.2) is 0 Å². The van der Waals surface area contributed by atoms with Crippen LogP contribution in [0.25, 0.3) is 0 Å². The van der Waals surface area contributed by atoms with E-state index in [1.165, 1.54) is 0 Å². The second kappa shape index (κ2) is 5.02. The molecule has 0 saturated carbocycles. The first kappa shape index (κ1) is 10.3. The second-order valence-electron chi connectivity index (χ2n) is 3.28. The van der Waals surface area contributed by atoms with Gasteiger partial charge in [-0.2, -0.15) is 10.2 Å². The van der Waals surface area contributed by atoms with Crippen molar-refractivity contribution < 1.29 is 0 Å². The summed E-state index contributed by atoms with van der Waals surface area (Å²) in [5.41, 5.74) is 7.57. The van der Waals surface area contributed by atoms with E-state index in [1.807, 2.05) is 42.5 Å². The van der Waals surface area contributed by atoms with Gasteiger partial charge in [0.15, 0.2) is 0 Å². The third kappa shape index (κ3) is 2.63. The largest absolute Gasteiger partial charge is 0.383 e. The van der Waals surface area contributed by atoms with Crippen LogP contribution in [0.1, 0.15) is 11.3 Å². The van der Waals surface area contributed by atoms with Crippen molar-refractivity contribution in [2.24, 2.45) is 10.7 Å². The summed E-state index contributed by atoms with van der Waals surface area (Å²) >= 11 is 0. The summed E-state index contributed by atoms with van der Waals surface area (Å²) in [4.78, 5) is 4.26. The van der Waals surface area contributed by atoms with Crippen LogP contribution in [-0.2, 0) is 6.54 Å². The highest BCUT2D eigenvalue weighted by Gasteiger charge is 1.97. The lowest BCUT2D eigenvalue weighted by Crippen LogP contribution is -2.13. The van der Waals surface area contributed by atoms with Crippen molar-refractivity contribution in [3.63, 3.8) is 0 Å². The van der Waals surface area contributed by atoms with E-state index >= 15 is 0 Å². The van der Waals surface area contributed by atoms with E-state index in [0.717, 1.165) is 11.3 Å². The monoisotopic (exact) mass is 212 g/mol. The lowest BCUT2D eigenvalue weighted by Gasteiger charge is -2.00. The minimum atomic E-state index is 0.453. The molecule has 0 aliphatic rings. The molecule has 1 heterocycles. The van der Waals surface area contributed by atoms with Crippen molar-refractivity contribution in [1.29, 1.82) is 0 Å². The third-order valence-corrected chi connectivity index (χ3v) is 2.11. The fourth-order valence-corrected chi connectivity index (χ4v) is 1.28. The smallest absolute Gasteiger partial charge is 0.126 e. The number of hydrogen-bond donors (Lipinski definition) is 1. The molecule has 4 nitrogen and oxygen atoms in total. The maximum atomic E-state index is 5.84. The van der Waals surface area contributed by atoms with Crippen LogP contribution in [0.5, 0.6) is 0 Å². The van der Waals surface area contributed by atoms with Crippen LogP contribution in [0.15, 0.2) is 53.7 Å². The molecule has 1 aromatic heterocycles. The number of aromatic nitrogens is 2. The summed E-state index contributed by atoms with van der Waals surface area (Å²) in [6.45, 7) is 0.453. The Morgan fingerprint density at radius 3 is 2.62 bits per heavy atom. The lowest BCUT2D eigenvalue weighted by molar-refractivity contribution is 0.897. The van der Waals surface area contributed by atoms with Gasteiger partial charge in [0.25, 0.3) is 0 Å². The Balaban J connectivity index is 2.09. The molecular weight excluding hydrogens is 200 g/mol. The van der Waals surface area contributed by atoms with Crippen LogP contribution in [0.2, 0.25) is 0 Å². The summed E-state index contributed by atoms with van der Waals surface area (Å²) in [5.74, 6) is 0.520. The molecule has 0 fully saturated rings. The summed E-state index contributed by atoms with van der Waals surface area (Å²) in [7, 11) is 0. The van der Waals surface area contributed by atoms with Crippen molar-refractivity contribution in [1.82, 2.24) is 10.2 Å². The van der Waals surface area contributed by atoms with Crippen LogP contribution >= 0.6 is 0 Å². The summed E-state index contributed by atoms with van der Waals surface area (Å²) in [5, 5.41) is 7.71. The predicted octanol–water partition coefficient (Wildman–Crippen LogP) is 1.38. The number of rotatable bonds is 3. The van der Waals surface area contributed by atoms with Gasteiger partial charge in [0.1, 0.15) is 5.84 Å². The summed E-state index contributed by atoms with van der Waals surface area (Å²) in [6, 6.07) is 13.4. The molecule has 0 atom stereocenters. The van der Waals surface area contributed by atoms with E-state index in [2.05, 4.69) is 15.2 Å². The number of hydrogen-bond acceptors (Lipinski definition) is 3. The fourth-order valence-electron chi connectivity index (χ4n) is 1.28. The first-order valence-electron chi connectivity index (χ1n) is 4.98. The molecule has 0 aliphatic carbocycles. The Bertz CT molecular complexity index is 465. The number of amidine groups is 1. The second-order valence-corrected chi connectivity index (χ2v) is 3.28. The predicted molar refractivity (Wildman–Crippen MR) is 62.9 cm³/mol. The highest BCUT2D eigenvalue weighted by atomic mass is 15.1. The van der Waals surface area contributed by atoms with Gasteiger partial charge in [-0.1, -0.05) is 30.3 Å². The van der Waals surface area contributed by atoms with E-state index in [4.69, 9.17) is 5.73 Å². The minimum absolute atomic E-state index is 0.453. The van der Waals surface area contributed by atoms with Gasteiger partial charge < -0.3 is 5.73 Å². The standard InChI is InChI=1S/C12H12N4/c13-12(10-5-2-1-3-6-10)14-9-11-7-4-8-15-16-11/h1-8H,9H2,(H2,13,14). The van der Waals surface area contributed by atoms with Gasteiger partial charge in [-0.3, -0.25) is 4.99 Å². The Morgan fingerprint density at radius 2 is 1.94 bits per heavy atom. The van der Waals surface area contributed by atoms with Gasteiger partial charge in [0.2, 0.25) is 0 Å². The molecule has 2 rings (SSSR count). The molecule has 16 heavy (non-hydrogen) atoms. The molecule has 0 spiro atoms. The topological polar surface area (TPSA) is 64.2 Å². The van der Waals surface area contributed by atoms with E-state index in [0.29, 0.717) is 12.4 Å². The minimum Gasteiger partial charge on any atom is -0.383 e. The first-order chi connectivity index (χ1) is 7.86. The van der Waals surface area contributed by atoms with E-state index in [9.17, 15) is 0 Å². The quantitative estimate of drug-likeness (QED) is 0.617. The van der Waals surface area contributed by atoms with E-state index < -0.39 is 0 Å². The molecule has 2 N–H and O–H groups in total. The number of nitrogens with two attached hydrogens (primary N) is 1. The Hall–Kier alpha value is -2.23. The van der Waals surface area contributed by atoms with Crippen LogP contribution in [0, 0.1) is 0 Å². The van der Waals surface area contributed by atoms with Crippen molar-refractivity contribution in [2.75, 3.05) is 0 Å². The highest BCUT2D eigenvalue weighted by Crippen LogP contribution is 2.00. The first-order valence-corrected chi connectivity index (χ1v) is 4.98. The molecule has 0 amide bonds. The Labute approximate surface area is 93.9 Å². The van der Waals surface area contributed by atoms with E-state index in [1.54, 1.807) is 6.20 Å². The molecular formula is C12H12N4. The number of aliphatic imine (C=N–C) groups is 1. The lowest BCUT2D eigenvalue weighted by atomic mass is 10.2. The van der Waals surface area contributed by atoms with Crippen LogP contribution in [-0.4, -0.2) is 16.0 Å². The van der Waals surface area contributed by atoms with Crippen LogP contribution in [0.3, 0.4) is 0 Å². The molecule has 4 heteroatoms. The third-order valence-electron chi connectivity index (χ3n) is 2.11. The highest BCUT2D eigenvalue weighted by molar-refractivity contribution is 5.97.